The fourth-order valence-corrected chi connectivity index (χ4v) is 3.55. The molecule has 1 aromatic rings. The maximum absolute atomic E-state index is 10.3. The molecule has 0 unspecified atom stereocenters. The molecule has 3 rings (SSSR count). The lowest BCUT2D eigenvalue weighted by Gasteiger charge is -2.42. The van der Waals surface area contributed by atoms with E-state index in [1.54, 1.807) is 30.3 Å². The third-order valence-electron chi connectivity index (χ3n) is 5.50. The number of allylic oxidation sites excluding steroid dienone is 1. The van der Waals surface area contributed by atoms with Crippen molar-refractivity contribution >= 4 is 0 Å². The molecule has 0 bridgehead atoms. The van der Waals surface area contributed by atoms with Gasteiger partial charge in [0, 0.05) is 0 Å². The highest BCUT2D eigenvalue weighted by Crippen LogP contribution is 2.27. The monoisotopic (exact) mass is 458 g/mol. The van der Waals surface area contributed by atoms with Crippen LogP contribution in [0.4, 0.5) is 0 Å². The predicted molar refractivity (Wildman–Crippen MR) is 107 cm³/mol. The van der Waals surface area contributed by atoms with Crippen LogP contribution >= 0.6 is 0 Å². The van der Waals surface area contributed by atoms with Crippen molar-refractivity contribution in [2.24, 2.45) is 0 Å². The molecule has 2 fully saturated rings. The highest BCUT2D eigenvalue weighted by atomic mass is 16.7. The summed E-state index contributed by atoms with van der Waals surface area (Å²) < 4.78 is 21.8. The molecule has 2 aliphatic rings. The fraction of sp³-hybridized carbons (Fsp3) is 0.619. The number of aliphatic hydroxyl groups is 7. The Morgan fingerprint density at radius 3 is 1.94 bits per heavy atom. The van der Waals surface area contributed by atoms with Crippen LogP contribution in [0.5, 0.6) is 5.75 Å². The zero-order valence-electron chi connectivity index (χ0n) is 17.3. The van der Waals surface area contributed by atoms with Crippen LogP contribution in [0.1, 0.15) is 5.56 Å². The van der Waals surface area contributed by atoms with Gasteiger partial charge in [0.05, 0.1) is 13.2 Å². The Balaban J connectivity index is 1.62. The second-order valence-electron chi connectivity index (χ2n) is 7.80. The molecule has 0 amide bonds. The van der Waals surface area contributed by atoms with Gasteiger partial charge in [-0.2, -0.15) is 0 Å². The largest absolute Gasteiger partial charge is 0.462 e. The Bertz CT molecular complexity index is 727. The summed E-state index contributed by atoms with van der Waals surface area (Å²) in [6.45, 7) is 2.62. The molecule has 180 valence electrons. The minimum atomic E-state index is -1.63. The SMILES string of the molecule is C=CCc1ccc(O[C@@H]2O[C@H](CO[C@@H]3O[C@H](CO)[C@@H](O)[C@H](O)[C@H]3O)[C@@H](O)[C@H](O)[C@H]2O)cc1. The molecule has 1 aromatic carbocycles. The summed E-state index contributed by atoms with van der Waals surface area (Å²) >= 11 is 0. The molecular weight excluding hydrogens is 428 g/mol. The molecule has 2 heterocycles. The van der Waals surface area contributed by atoms with E-state index in [4.69, 9.17) is 18.9 Å². The van der Waals surface area contributed by atoms with Crippen molar-refractivity contribution < 1.29 is 54.7 Å². The minimum Gasteiger partial charge on any atom is -0.462 e. The van der Waals surface area contributed by atoms with E-state index in [0.717, 1.165) is 5.56 Å². The highest BCUT2D eigenvalue weighted by Gasteiger charge is 2.47. The standard InChI is InChI=1S/C21H30O11/c1-2-3-10-4-6-11(7-5-10)30-21-19(28)17(26)15(24)13(32-21)9-29-20-18(27)16(25)14(23)12(8-22)31-20/h2,4-7,12-28H,1,3,8-9H2/t12-,13-,14-,15-,16+,17+,18-,19-,20-,21-/m1/s1. The first-order chi connectivity index (χ1) is 15.3. The Morgan fingerprint density at radius 1 is 0.781 bits per heavy atom. The van der Waals surface area contributed by atoms with Gasteiger partial charge in [-0.3, -0.25) is 0 Å². The van der Waals surface area contributed by atoms with Crippen molar-refractivity contribution in [2.75, 3.05) is 13.2 Å². The first-order valence-corrected chi connectivity index (χ1v) is 10.2. The van der Waals surface area contributed by atoms with Crippen LogP contribution in [0.15, 0.2) is 36.9 Å². The maximum Gasteiger partial charge on any atom is 0.229 e. The third kappa shape index (κ3) is 5.46. The van der Waals surface area contributed by atoms with E-state index < -0.39 is 74.6 Å². The highest BCUT2D eigenvalue weighted by molar-refractivity contribution is 5.28. The van der Waals surface area contributed by atoms with E-state index in [-0.39, 0.29) is 0 Å². The topological polar surface area (TPSA) is 179 Å². The predicted octanol–water partition coefficient (Wildman–Crippen LogP) is -2.58. The van der Waals surface area contributed by atoms with Gasteiger partial charge in [0.1, 0.15) is 54.6 Å². The van der Waals surface area contributed by atoms with Gasteiger partial charge in [0.2, 0.25) is 6.29 Å². The van der Waals surface area contributed by atoms with Gasteiger partial charge < -0.3 is 54.7 Å². The molecule has 2 aliphatic heterocycles. The third-order valence-corrected chi connectivity index (χ3v) is 5.50. The Labute approximate surface area is 184 Å². The van der Waals surface area contributed by atoms with Crippen LogP contribution in [0.2, 0.25) is 0 Å². The first kappa shape index (κ1) is 25.0. The van der Waals surface area contributed by atoms with Crippen molar-refractivity contribution in [2.45, 2.75) is 67.8 Å². The number of ether oxygens (including phenoxy) is 4. The summed E-state index contributed by atoms with van der Waals surface area (Å²) in [7, 11) is 0. The van der Waals surface area contributed by atoms with Gasteiger partial charge in [-0.1, -0.05) is 18.2 Å². The second-order valence-corrected chi connectivity index (χ2v) is 7.80. The van der Waals surface area contributed by atoms with Gasteiger partial charge >= 0.3 is 0 Å². The maximum atomic E-state index is 10.3. The van der Waals surface area contributed by atoms with E-state index in [1.807, 2.05) is 0 Å². The number of benzene rings is 1. The average Bonchev–Trinajstić information content (AvgIpc) is 2.79. The van der Waals surface area contributed by atoms with Gasteiger partial charge in [0.15, 0.2) is 6.29 Å². The van der Waals surface area contributed by atoms with Crippen molar-refractivity contribution in [1.82, 2.24) is 0 Å². The average molecular weight is 458 g/mol. The molecule has 32 heavy (non-hydrogen) atoms. The van der Waals surface area contributed by atoms with Gasteiger partial charge in [-0.25, -0.2) is 0 Å². The molecule has 0 spiro atoms. The molecule has 11 nitrogen and oxygen atoms in total. The van der Waals surface area contributed by atoms with Gasteiger partial charge in [-0.15, -0.1) is 6.58 Å². The lowest BCUT2D eigenvalue weighted by molar-refractivity contribution is -0.323. The summed E-state index contributed by atoms with van der Waals surface area (Å²) in [4.78, 5) is 0. The van der Waals surface area contributed by atoms with Crippen LogP contribution in [0.3, 0.4) is 0 Å². The molecule has 0 radical (unpaired) electrons. The van der Waals surface area contributed by atoms with Crippen LogP contribution in [-0.4, -0.2) is 110 Å². The molecule has 7 N–H and O–H groups in total. The molecule has 11 heteroatoms. The Morgan fingerprint density at radius 2 is 1.34 bits per heavy atom. The van der Waals surface area contributed by atoms with E-state index in [9.17, 15) is 35.7 Å². The number of hydrogen-bond donors (Lipinski definition) is 7. The zero-order valence-corrected chi connectivity index (χ0v) is 17.3. The van der Waals surface area contributed by atoms with Crippen LogP contribution < -0.4 is 4.74 Å². The van der Waals surface area contributed by atoms with E-state index in [2.05, 4.69) is 6.58 Å². The lowest BCUT2D eigenvalue weighted by atomic mass is 9.98. The van der Waals surface area contributed by atoms with E-state index in [0.29, 0.717) is 12.2 Å². The second kappa shape index (κ2) is 11.0. The van der Waals surface area contributed by atoms with Crippen molar-refractivity contribution in [3.05, 3.63) is 42.5 Å². The summed E-state index contributed by atoms with van der Waals surface area (Å²) in [6, 6.07) is 6.92. The van der Waals surface area contributed by atoms with Crippen molar-refractivity contribution in [3.63, 3.8) is 0 Å². The fourth-order valence-electron chi connectivity index (χ4n) is 3.55. The van der Waals surface area contributed by atoms with Crippen molar-refractivity contribution in [3.8, 4) is 5.75 Å². The van der Waals surface area contributed by atoms with Crippen LogP contribution in [0.25, 0.3) is 0 Å². The smallest absolute Gasteiger partial charge is 0.229 e. The van der Waals surface area contributed by atoms with Crippen LogP contribution in [0, 0.1) is 0 Å². The first-order valence-electron chi connectivity index (χ1n) is 10.2. The molecule has 0 saturated carbocycles. The van der Waals surface area contributed by atoms with Gasteiger partial charge in [0.25, 0.3) is 0 Å². The quantitative estimate of drug-likeness (QED) is 0.203. The molecular formula is C21H30O11. The van der Waals surface area contributed by atoms with Crippen molar-refractivity contribution in [1.29, 1.82) is 0 Å². The normalized spacial score (nSPS) is 40.1. The summed E-state index contributed by atoms with van der Waals surface area (Å²) in [5, 5.41) is 69.7. The molecule has 0 aromatic heterocycles. The lowest BCUT2D eigenvalue weighted by Crippen LogP contribution is -2.62. The summed E-state index contributed by atoms with van der Waals surface area (Å²) in [5.41, 5.74) is 0.999. The van der Waals surface area contributed by atoms with E-state index >= 15 is 0 Å². The van der Waals surface area contributed by atoms with Crippen LogP contribution in [-0.2, 0) is 20.6 Å². The van der Waals surface area contributed by atoms with E-state index in [1.165, 1.54) is 0 Å². The summed E-state index contributed by atoms with van der Waals surface area (Å²) in [6.07, 6.45) is -12.2. The Kier molecular flexibility index (Phi) is 8.58. The van der Waals surface area contributed by atoms with Gasteiger partial charge in [-0.05, 0) is 24.1 Å². The minimum absolute atomic E-state index is 0.360. The number of aliphatic hydroxyl groups excluding tert-OH is 7. The number of hydrogen-bond acceptors (Lipinski definition) is 11. The number of rotatable bonds is 8. The Hall–Kier alpha value is -1.64. The zero-order chi connectivity index (χ0) is 23.4. The molecule has 10 atom stereocenters. The molecule has 2 saturated heterocycles. The summed E-state index contributed by atoms with van der Waals surface area (Å²) in [5.74, 6) is 0.360. The molecule has 0 aliphatic carbocycles.